The van der Waals surface area contributed by atoms with Crippen LogP contribution in [-0.4, -0.2) is 31.6 Å². The molecule has 4 rings (SSSR count). The Morgan fingerprint density at radius 1 is 1.31 bits per heavy atom. The molecule has 3 aromatic rings. The standard InChI is InChI=1S/C22H28F2N6O.ClH/c1-3-14(25)13-4-5-15-16(10-13)28-21(27-15)19(12-6-8-22(23,24)9-7-12)17-11-18(20(26)31)30(2)29-17;/h4-5,10-12,14,19H,3,6-9,25H2,1-2H3,(H2,26,31)(H,27,28);1H/t14?,19-;/m0./s1. The van der Waals surface area contributed by atoms with E-state index in [1.165, 1.54) is 4.68 Å². The number of H-pyrrole nitrogens is 1. The monoisotopic (exact) mass is 466 g/mol. The third-order valence-corrected chi connectivity index (χ3v) is 6.39. The molecule has 0 spiro atoms. The summed E-state index contributed by atoms with van der Waals surface area (Å²) < 4.78 is 29.1. The molecule has 32 heavy (non-hydrogen) atoms. The van der Waals surface area contributed by atoms with Gasteiger partial charge in [-0.15, -0.1) is 12.4 Å². The number of nitrogens with two attached hydrogens (primary N) is 2. The Labute approximate surface area is 191 Å². The Kier molecular flexibility index (Phi) is 6.90. The van der Waals surface area contributed by atoms with Gasteiger partial charge >= 0.3 is 0 Å². The first-order valence-electron chi connectivity index (χ1n) is 10.6. The largest absolute Gasteiger partial charge is 0.364 e. The number of alkyl halides is 2. The number of benzene rings is 1. The van der Waals surface area contributed by atoms with Gasteiger partial charge in [0.05, 0.1) is 22.6 Å². The molecule has 1 aliphatic rings. The van der Waals surface area contributed by atoms with Gasteiger partial charge in [0.25, 0.3) is 5.91 Å². The SMILES string of the molecule is CCC(N)c1ccc2nc([C@H](c3cc(C(N)=O)n(C)n3)C3CCC(F)(F)CC3)[nH]c2c1.Cl. The van der Waals surface area contributed by atoms with Crippen LogP contribution in [0.1, 0.15) is 78.6 Å². The van der Waals surface area contributed by atoms with Crippen LogP contribution in [0.3, 0.4) is 0 Å². The van der Waals surface area contributed by atoms with Gasteiger partial charge in [0.15, 0.2) is 0 Å². The lowest BCUT2D eigenvalue weighted by Gasteiger charge is -2.32. The number of amides is 1. The summed E-state index contributed by atoms with van der Waals surface area (Å²) in [6.07, 6.45) is 1.18. The second-order valence-corrected chi connectivity index (χ2v) is 8.53. The zero-order chi connectivity index (χ0) is 22.3. The van der Waals surface area contributed by atoms with Crippen LogP contribution in [0, 0.1) is 5.92 Å². The quantitative estimate of drug-likeness (QED) is 0.505. The molecule has 0 bridgehead atoms. The van der Waals surface area contributed by atoms with Gasteiger partial charge in [-0.2, -0.15) is 5.10 Å². The van der Waals surface area contributed by atoms with Crippen molar-refractivity contribution in [3.05, 3.63) is 47.0 Å². The average Bonchev–Trinajstić information content (AvgIpc) is 3.31. The van der Waals surface area contributed by atoms with Crippen LogP contribution in [0.4, 0.5) is 8.78 Å². The highest BCUT2D eigenvalue weighted by atomic mass is 35.5. The van der Waals surface area contributed by atoms with Crippen LogP contribution < -0.4 is 11.5 Å². The molecule has 1 unspecified atom stereocenters. The summed E-state index contributed by atoms with van der Waals surface area (Å²) >= 11 is 0. The number of aromatic nitrogens is 4. The van der Waals surface area contributed by atoms with Crippen LogP contribution in [0.15, 0.2) is 24.3 Å². The van der Waals surface area contributed by atoms with E-state index >= 15 is 0 Å². The smallest absolute Gasteiger partial charge is 0.266 e. The lowest BCUT2D eigenvalue weighted by Crippen LogP contribution is -2.28. The Morgan fingerprint density at radius 3 is 2.59 bits per heavy atom. The molecule has 2 heterocycles. The minimum absolute atomic E-state index is 0. The molecule has 1 amide bonds. The zero-order valence-electron chi connectivity index (χ0n) is 18.1. The first-order chi connectivity index (χ1) is 14.7. The van der Waals surface area contributed by atoms with Gasteiger partial charge < -0.3 is 16.5 Å². The first kappa shape index (κ1) is 24.1. The molecule has 1 fully saturated rings. The normalized spacial score (nSPS) is 18.3. The van der Waals surface area contributed by atoms with Crippen molar-refractivity contribution in [1.29, 1.82) is 0 Å². The summed E-state index contributed by atoms with van der Waals surface area (Å²) in [5, 5.41) is 4.50. The second-order valence-electron chi connectivity index (χ2n) is 8.53. The van der Waals surface area contributed by atoms with E-state index in [0.717, 1.165) is 23.0 Å². The van der Waals surface area contributed by atoms with Crippen molar-refractivity contribution in [2.24, 2.45) is 24.4 Å². The molecular weight excluding hydrogens is 438 g/mol. The number of nitrogens with zero attached hydrogens (tertiary/aromatic N) is 3. The van der Waals surface area contributed by atoms with Crippen molar-refractivity contribution >= 4 is 29.3 Å². The van der Waals surface area contributed by atoms with Gasteiger partial charge in [0, 0.05) is 25.9 Å². The molecule has 0 radical (unpaired) electrons. The third kappa shape index (κ3) is 4.63. The van der Waals surface area contributed by atoms with Gasteiger partial charge in [-0.1, -0.05) is 13.0 Å². The topological polar surface area (TPSA) is 116 Å². The first-order valence-corrected chi connectivity index (χ1v) is 10.6. The maximum Gasteiger partial charge on any atom is 0.266 e. The lowest BCUT2D eigenvalue weighted by molar-refractivity contribution is -0.0476. The van der Waals surface area contributed by atoms with Gasteiger partial charge in [-0.05, 0) is 48.9 Å². The van der Waals surface area contributed by atoms with Gasteiger partial charge in [0.1, 0.15) is 11.5 Å². The number of aromatic amines is 1. The summed E-state index contributed by atoms with van der Waals surface area (Å²) in [5.41, 5.74) is 15.1. The lowest BCUT2D eigenvalue weighted by atomic mass is 9.77. The molecule has 7 nitrogen and oxygen atoms in total. The number of carbonyl (C=O) groups is 1. The number of fused-ring (bicyclic) bond motifs is 1. The third-order valence-electron chi connectivity index (χ3n) is 6.39. The highest BCUT2D eigenvalue weighted by molar-refractivity contribution is 5.91. The number of hydrogen-bond acceptors (Lipinski definition) is 4. The van der Waals surface area contributed by atoms with E-state index in [0.29, 0.717) is 24.4 Å². The van der Waals surface area contributed by atoms with E-state index in [1.54, 1.807) is 13.1 Å². The number of hydrogen-bond donors (Lipinski definition) is 3. The second kappa shape index (κ2) is 9.15. The van der Waals surface area contributed by atoms with Crippen molar-refractivity contribution in [2.75, 3.05) is 0 Å². The molecule has 1 aliphatic carbocycles. The van der Waals surface area contributed by atoms with E-state index in [-0.39, 0.29) is 48.8 Å². The number of carbonyl (C=O) groups excluding carboxylic acids is 1. The Hall–Kier alpha value is -2.52. The molecule has 174 valence electrons. The fourth-order valence-corrected chi connectivity index (χ4v) is 4.53. The number of primary amides is 1. The van der Waals surface area contributed by atoms with Crippen molar-refractivity contribution in [2.45, 2.75) is 56.9 Å². The maximum absolute atomic E-state index is 13.8. The summed E-state index contributed by atoms with van der Waals surface area (Å²) in [4.78, 5) is 19.9. The highest BCUT2D eigenvalue weighted by Crippen LogP contribution is 2.44. The van der Waals surface area contributed by atoms with Crippen LogP contribution in [0.2, 0.25) is 0 Å². The van der Waals surface area contributed by atoms with E-state index in [4.69, 9.17) is 16.5 Å². The molecule has 0 saturated heterocycles. The van der Waals surface area contributed by atoms with E-state index in [1.807, 2.05) is 25.1 Å². The van der Waals surface area contributed by atoms with Crippen LogP contribution in [0.5, 0.6) is 0 Å². The zero-order valence-corrected chi connectivity index (χ0v) is 19.0. The fourth-order valence-electron chi connectivity index (χ4n) is 4.53. The summed E-state index contributed by atoms with van der Waals surface area (Å²) in [6.45, 7) is 2.03. The minimum Gasteiger partial charge on any atom is -0.364 e. The number of imidazole rings is 1. The van der Waals surface area contributed by atoms with E-state index in [9.17, 15) is 13.6 Å². The number of nitrogens with one attached hydrogen (secondary N) is 1. The molecule has 0 aliphatic heterocycles. The predicted molar refractivity (Wildman–Crippen MR) is 121 cm³/mol. The Morgan fingerprint density at radius 2 is 2.00 bits per heavy atom. The van der Waals surface area contributed by atoms with Crippen molar-refractivity contribution in [3.8, 4) is 0 Å². The van der Waals surface area contributed by atoms with Crippen molar-refractivity contribution < 1.29 is 13.6 Å². The van der Waals surface area contributed by atoms with Gasteiger partial charge in [-0.25, -0.2) is 13.8 Å². The Bertz CT molecular complexity index is 1100. The van der Waals surface area contributed by atoms with Crippen LogP contribution in [0.25, 0.3) is 11.0 Å². The molecule has 1 aromatic carbocycles. The number of halogens is 3. The van der Waals surface area contributed by atoms with Gasteiger partial charge in [0.2, 0.25) is 5.92 Å². The molecule has 1 saturated carbocycles. The number of aryl methyl sites for hydroxylation is 1. The van der Waals surface area contributed by atoms with E-state index in [2.05, 4.69) is 10.1 Å². The van der Waals surface area contributed by atoms with Crippen LogP contribution in [-0.2, 0) is 7.05 Å². The van der Waals surface area contributed by atoms with Crippen molar-refractivity contribution in [3.63, 3.8) is 0 Å². The maximum atomic E-state index is 13.8. The molecular formula is C22H29ClF2N6O. The Balaban J connectivity index is 0.00000289. The highest BCUT2D eigenvalue weighted by Gasteiger charge is 2.40. The molecule has 2 aromatic heterocycles. The average molecular weight is 467 g/mol. The summed E-state index contributed by atoms with van der Waals surface area (Å²) in [7, 11) is 1.65. The molecule has 10 heteroatoms. The van der Waals surface area contributed by atoms with Crippen LogP contribution >= 0.6 is 12.4 Å². The van der Waals surface area contributed by atoms with Gasteiger partial charge in [-0.3, -0.25) is 9.48 Å². The number of rotatable bonds is 6. The molecule has 5 N–H and O–H groups in total. The fraction of sp³-hybridized carbons (Fsp3) is 0.500. The van der Waals surface area contributed by atoms with E-state index < -0.39 is 11.8 Å². The summed E-state index contributed by atoms with van der Waals surface area (Å²) in [6, 6.07) is 7.44. The van der Waals surface area contributed by atoms with Crippen molar-refractivity contribution in [1.82, 2.24) is 19.7 Å². The predicted octanol–water partition coefficient (Wildman–Crippen LogP) is 4.18. The minimum atomic E-state index is -2.64. The summed E-state index contributed by atoms with van der Waals surface area (Å²) in [5.74, 6) is -2.98. The molecule has 2 atom stereocenters.